The summed E-state index contributed by atoms with van der Waals surface area (Å²) in [5, 5.41) is 3.08. The number of benzene rings is 1. The average molecular weight is 250 g/mol. The van der Waals surface area contributed by atoms with Gasteiger partial charge in [0.2, 0.25) is 0 Å². The van der Waals surface area contributed by atoms with Crippen LogP contribution in [0.25, 0.3) is 0 Å². The largest absolute Gasteiger partial charge is 0.349 e. The maximum atomic E-state index is 12.0. The highest BCUT2D eigenvalue weighted by Crippen LogP contribution is 2.11. The van der Waals surface area contributed by atoms with Crippen LogP contribution in [-0.2, 0) is 0 Å². The Labute approximate surface area is 108 Å². The Morgan fingerprint density at radius 1 is 1.29 bits per heavy atom. The number of hydrogen-bond donors (Lipinski definition) is 2. The Hall–Kier alpha value is -1.00. The minimum Gasteiger partial charge on any atom is -0.349 e. The lowest BCUT2D eigenvalue weighted by Gasteiger charge is -2.29. The van der Waals surface area contributed by atoms with Gasteiger partial charge in [0.1, 0.15) is 0 Å². The molecule has 1 heterocycles. The topological polar surface area (TPSA) is 32.3 Å². The van der Waals surface area contributed by atoms with E-state index in [9.17, 15) is 4.79 Å². The molecule has 3 nitrogen and oxygen atoms in total. The van der Waals surface area contributed by atoms with Gasteiger partial charge in [0, 0.05) is 16.5 Å². The first-order valence-corrected chi connectivity index (χ1v) is 6.38. The van der Waals surface area contributed by atoms with Gasteiger partial charge in [-0.25, -0.2) is 0 Å². The highest BCUT2D eigenvalue weighted by Gasteiger charge is 2.18. The van der Waals surface area contributed by atoms with E-state index in [1.807, 2.05) is 24.3 Å². The lowest BCUT2D eigenvalue weighted by molar-refractivity contribution is 0.0917. The third-order valence-electron chi connectivity index (χ3n) is 3.18. The van der Waals surface area contributed by atoms with Crippen molar-refractivity contribution >= 4 is 18.5 Å². The molecular weight excluding hydrogens is 232 g/mol. The van der Waals surface area contributed by atoms with E-state index in [1.165, 1.54) is 0 Å². The lowest BCUT2D eigenvalue weighted by atomic mass is 10.0. The highest BCUT2D eigenvalue weighted by atomic mass is 32.1. The first-order chi connectivity index (χ1) is 8.15. The second-order valence-corrected chi connectivity index (χ2v) is 5.11. The molecule has 1 N–H and O–H groups in total. The Kier molecular flexibility index (Phi) is 4.07. The number of nitrogens with zero attached hydrogens (tertiary/aromatic N) is 1. The maximum Gasteiger partial charge on any atom is 0.251 e. The SMILES string of the molecule is CN1CCC(NC(=O)c2ccc(S)cc2)CC1. The summed E-state index contributed by atoms with van der Waals surface area (Å²) in [5.74, 6) is 0.0212. The minimum atomic E-state index is 0.0212. The normalized spacial score (nSPS) is 18.0. The second kappa shape index (κ2) is 5.56. The van der Waals surface area contributed by atoms with Gasteiger partial charge in [0.15, 0.2) is 0 Å². The smallest absolute Gasteiger partial charge is 0.251 e. The van der Waals surface area contributed by atoms with Gasteiger partial charge in [-0.2, -0.15) is 0 Å². The van der Waals surface area contributed by atoms with Gasteiger partial charge in [0.25, 0.3) is 5.91 Å². The zero-order valence-electron chi connectivity index (χ0n) is 10.0. The van der Waals surface area contributed by atoms with Crippen LogP contribution in [0.15, 0.2) is 29.2 Å². The lowest BCUT2D eigenvalue weighted by Crippen LogP contribution is -2.43. The van der Waals surface area contributed by atoms with Gasteiger partial charge in [0.05, 0.1) is 0 Å². The summed E-state index contributed by atoms with van der Waals surface area (Å²) in [6.07, 6.45) is 2.07. The fourth-order valence-electron chi connectivity index (χ4n) is 2.03. The van der Waals surface area contributed by atoms with Gasteiger partial charge in [-0.05, 0) is 57.2 Å². The van der Waals surface area contributed by atoms with Crippen molar-refractivity contribution in [3.63, 3.8) is 0 Å². The molecule has 1 aromatic rings. The predicted octanol–water partition coefficient (Wildman–Crippen LogP) is 1.80. The van der Waals surface area contributed by atoms with Gasteiger partial charge in [-0.1, -0.05) is 0 Å². The van der Waals surface area contributed by atoms with Crippen LogP contribution >= 0.6 is 12.6 Å². The van der Waals surface area contributed by atoms with E-state index in [-0.39, 0.29) is 5.91 Å². The van der Waals surface area contributed by atoms with Crippen LogP contribution in [0.5, 0.6) is 0 Å². The molecule has 1 aromatic carbocycles. The van der Waals surface area contributed by atoms with Crippen molar-refractivity contribution in [1.29, 1.82) is 0 Å². The van der Waals surface area contributed by atoms with Crippen LogP contribution < -0.4 is 5.32 Å². The van der Waals surface area contributed by atoms with Crippen molar-refractivity contribution in [2.75, 3.05) is 20.1 Å². The summed E-state index contributed by atoms with van der Waals surface area (Å²) in [4.78, 5) is 15.1. The molecule has 1 fully saturated rings. The first-order valence-electron chi connectivity index (χ1n) is 5.93. The number of nitrogens with one attached hydrogen (secondary N) is 1. The van der Waals surface area contributed by atoms with E-state index < -0.39 is 0 Å². The Balaban J connectivity index is 1.91. The van der Waals surface area contributed by atoms with Crippen LogP contribution in [0.4, 0.5) is 0 Å². The van der Waals surface area contributed by atoms with E-state index in [1.54, 1.807) is 0 Å². The molecule has 0 saturated carbocycles. The van der Waals surface area contributed by atoms with E-state index in [2.05, 4.69) is 29.9 Å². The van der Waals surface area contributed by atoms with Crippen LogP contribution in [0.2, 0.25) is 0 Å². The molecule has 0 atom stereocenters. The third-order valence-corrected chi connectivity index (χ3v) is 3.48. The number of amides is 1. The van der Waals surface area contributed by atoms with Crippen molar-refractivity contribution in [2.24, 2.45) is 0 Å². The Bertz CT molecular complexity index is 383. The molecule has 1 aliphatic heterocycles. The number of rotatable bonds is 2. The van der Waals surface area contributed by atoms with E-state index in [0.29, 0.717) is 11.6 Å². The first kappa shape index (κ1) is 12.5. The second-order valence-electron chi connectivity index (χ2n) is 4.60. The molecule has 0 radical (unpaired) electrons. The summed E-state index contributed by atoms with van der Waals surface area (Å²) in [7, 11) is 2.11. The van der Waals surface area contributed by atoms with Crippen molar-refractivity contribution < 1.29 is 4.79 Å². The van der Waals surface area contributed by atoms with Crippen molar-refractivity contribution in [1.82, 2.24) is 10.2 Å². The van der Waals surface area contributed by atoms with Crippen LogP contribution in [0, 0.1) is 0 Å². The Morgan fingerprint density at radius 3 is 2.47 bits per heavy atom. The van der Waals surface area contributed by atoms with E-state index in [4.69, 9.17) is 0 Å². The summed E-state index contributed by atoms with van der Waals surface area (Å²) < 4.78 is 0. The predicted molar refractivity (Wildman–Crippen MR) is 71.7 cm³/mol. The number of carbonyl (C=O) groups excluding carboxylic acids is 1. The Morgan fingerprint density at radius 2 is 1.88 bits per heavy atom. The summed E-state index contributed by atoms with van der Waals surface area (Å²) >= 11 is 4.20. The van der Waals surface area contributed by atoms with Gasteiger partial charge < -0.3 is 10.2 Å². The molecule has 1 aliphatic rings. The fraction of sp³-hybridized carbons (Fsp3) is 0.462. The molecular formula is C13H18N2OS. The van der Waals surface area contributed by atoms with Crippen LogP contribution in [0.3, 0.4) is 0 Å². The molecule has 1 amide bonds. The average Bonchev–Trinajstić information content (AvgIpc) is 2.33. The standard InChI is InChI=1S/C13H18N2OS/c1-15-8-6-11(7-9-15)14-13(16)10-2-4-12(17)5-3-10/h2-5,11,17H,6-9H2,1H3,(H,14,16). The molecule has 1 saturated heterocycles. The molecule has 0 unspecified atom stereocenters. The van der Waals surface area contributed by atoms with E-state index >= 15 is 0 Å². The van der Waals surface area contributed by atoms with Crippen LogP contribution in [0.1, 0.15) is 23.2 Å². The zero-order chi connectivity index (χ0) is 12.3. The van der Waals surface area contributed by atoms with Crippen molar-refractivity contribution in [3.05, 3.63) is 29.8 Å². The third kappa shape index (κ3) is 3.48. The zero-order valence-corrected chi connectivity index (χ0v) is 10.9. The molecule has 0 aliphatic carbocycles. The highest BCUT2D eigenvalue weighted by molar-refractivity contribution is 7.80. The minimum absolute atomic E-state index is 0.0212. The number of thiol groups is 1. The van der Waals surface area contributed by atoms with Crippen LogP contribution in [-0.4, -0.2) is 37.0 Å². The molecule has 17 heavy (non-hydrogen) atoms. The molecule has 2 rings (SSSR count). The van der Waals surface area contributed by atoms with Gasteiger partial charge in [-0.15, -0.1) is 12.6 Å². The molecule has 0 aromatic heterocycles. The molecule has 0 spiro atoms. The summed E-state index contributed by atoms with van der Waals surface area (Å²) in [6.45, 7) is 2.11. The monoisotopic (exact) mass is 250 g/mol. The van der Waals surface area contributed by atoms with E-state index in [0.717, 1.165) is 30.8 Å². The number of hydrogen-bond acceptors (Lipinski definition) is 3. The molecule has 92 valence electrons. The van der Waals surface area contributed by atoms with Gasteiger partial charge in [-0.3, -0.25) is 4.79 Å². The number of piperidine rings is 1. The molecule has 0 bridgehead atoms. The fourth-order valence-corrected chi connectivity index (χ4v) is 2.18. The number of carbonyl (C=O) groups is 1. The van der Waals surface area contributed by atoms with Gasteiger partial charge >= 0.3 is 0 Å². The maximum absolute atomic E-state index is 12.0. The number of likely N-dealkylation sites (tertiary alicyclic amines) is 1. The summed E-state index contributed by atoms with van der Waals surface area (Å²) in [6, 6.07) is 7.62. The van der Waals surface area contributed by atoms with Crippen molar-refractivity contribution in [3.8, 4) is 0 Å². The quantitative estimate of drug-likeness (QED) is 0.785. The molecule has 4 heteroatoms. The summed E-state index contributed by atoms with van der Waals surface area (Å²) in [5.41, 5.74) is 0.710. The van der Waals surface area contributed by atoms with Crippen molar-refractivity contribution in [2.45, 2.75) is 23.8 Å².